The number of nitrogens with one attached hydrogen (secondary N) is 1. The SMILES string of the molecule is CC(=NO)c1ccc(NS(=O)(=O)C(F)(F)F)cc1. The van der Waals surface area contributed by atoms with Crippen molar-refractivity contribution in [2.75, 3.05) is 4.72 Å². The molecule has 0 aliphatic carbocycles. The van der Waals surface area contributed by atoms with Gasteiger partial charge in [-0.1, -0.05) is 17.3 Å². The van der Waals surface area contributed by atoms with Gasteiger partial charge in [-0.15, -0.1) is 0 Å². The van der Waals surface area contributed by atoms with Crippen LogP contribution in [0, 0.1) is 0 Å². The third-order valence-electron chi connectivity index (χ3n) is 2.01. The van der Waals surface area contributed by atoms with Gasteiger partial charge >= 0.3 is 15.5 Å². The van der Waals surface area contributed by atoms with Crippen LogP contribution in [0.4, 0.5) is 18.9 Å². The number of benzene rings is 1. The van der Waals surface area contributed by atoms with Crippen LogP contribution in [0.5, 0.6) is 0 Å². The van der Waals surface area contributed by atoms with Crippen LogP contribution in [-0.2, 0) is 10.0 Å². The minimum atomic E-state index is -5.42. The normalized spacial score (nSPS) is 13.4. The highest BCUT2D eigenvalue weighted by atomic mass is 32.2. The largest absolute Gasteiger partial charge is 0.516 e. The Kier molecular flexibility index (Phi) is 3.85. The average Bonchev–Trinajstić information content (AvgIpc) is 2.27. The maximum absolute atomic E-state index is 12.1. The summed E-state index contributed by atoms with van der Waals surface area (Å²) in [5.41, 5.74) is -4.90. The van der Waals surface area contributed by atoms with E-state index in [0.717, 1.165) is 12.1 Å². The van der Waals surface area contributed by atoms with E-state index >= 15 is 0 Å². The van der Waals surface area contributed by atoms with E-state index in [1.54, 1.807) is 0 Å². The van der Waals surface area contributed by atoms with E-state index in [4.69, 9.17) is 5.21 Å². The number of rotatable bonds is 3. The lowest BCUT2D eigenvalue weighted by molar-refractivity contribution is -0.0429. The predicted molar refractivity (Wildman–Crippen MR) is 59.0 cm³/mol. The first-order valence-corrected chi connectivity index (χ1v) is 6.04. The van der Waals surface area contributed by atoms with E-state index in [1.807, 2.05) is 0 Å². The summed E-state index contributed by atoms with van der Waals surface area (Å²) in [6.07, 6.45) is 0. The molecule has 100 valence electrons. The Morgan fingerprint density at radius 1 is 1.28 bits per heavy atom. The topological polar surface area (TPSA) is 78.8 Å². The maximum Gasteiger partial charge on any atom is 0.516 e. The molecule has 0 saturated heterocycles. The highest BCUT2D eigenvalue weighted by Gasteiger charge is 2.45. The van der Waals surface area contributed by atoms with Crippen molar-refractivity contribution in [1.29, 1.82) is 0 Å². The molecule has 0 fully saturated rings. The van der Waals surface area contributed by atoms with Crippen molar-refractivity contribution in [2.24, 2.45) is 5.16 Å². The van der Waals surface area contributed by atoms with Crippen molar-refractivity contribution in [3.63, 3.8) is 0 Å². The average molecular weight is 282 g/mol. The lowest BCUT2D eigenvalue weighted by atomic mass is 10.1. The first kappa shape index (κ1) is 14.3. The van der Waals surface area contributed by atoms with Crippen LogP contribution in [0.15, 0.2) is 29.4 Å². The molecule has 0 aromatic heterocycles. The fourth-order valence-corrected chi connectivity index (χ4v) is 1.61. The van der Waals surface area contributed by atoms with Crippen LogP contribution in [0.25, 0.3) is 0 Å². The molecule has 1 rings (SSSR count). The smallest absolute Gasteiger partial charge is 0.411 e. The number of oxime groups is 1. The summed E-state index contributed by atoms with van der Waals surface area (Å²) >= 11 is 0. The molecule has 5 nitrogen and oxygen atoms in total. The van der Waals surface area contributed by atoms with Gasteiger partial charge in [0.15, 0.2) is 0 Å². The molecular weight excluding hydrogens is 273 g/mol. The van der Waals surface area contributed by atoms with Gasteiger partial charge in [-0.2, -0.15) is 21.6 Å². The zero-order chi connectivity index (χ0) is 14.0. The lowest BCUT2D eigenvalue weighted by Crippen LogP contribution is -2.29. The number of alkyl halides is 3. The van der Waals surface area contributed by atoms with E-state index in [9.17, 15) is 21.6 Å². The molecule has 9 heteroatoms. The van der Waals surface area contributed by atoms with Crippen LogP contribution in [0.2, 0.25) is 0 Å². The molecule has 2 N–H and O–H groups in total. The lowest BCUT2D eigenvalue weighted by Gasteiger charge is -2.10. The van der Waals surface area contributed by atoms with Crippen molar-refractivity contribution in [1.82, 2.24) is 0 Å². The molecule has 0 unspecified atom stereocenters. The van der Waals surface area contributed by atoms with Crippen LogP contribution in [0.1, 0.15) is 12.5 Å². The van der Waals surface area contributed by atoms with Gasteiger partial charge in [-0.25, -0.2) is 0 Å². The van der Waals surface area contributed by atoms with Crippen molar-refractivity contribution in [2.45, 2.75) is 12.4 Å². The third-order valence-corrected chi connectivity index (χ3v) is 3.12. The summed E-state index contributed by atoms with van der Waals surface area (Å²) in [5.74, 6) is 0. The van der Waals surface area contributed by atoms with E-state index in [1.165, 1.54) is 23.8 Å². The standard InChI is InChI=1S/C9H9F3N2O3S/c1-6(13-15)7-2-4-8(5-3-7)14-18(16,17)9(10,11)12/h2-5,14-15H,1H3. The van der Waals surface area contributed by atoms with Crippen molar-refractivity contribution < 1.29 is 26.8 Å². The number of sulfonamides is 1. The highest BCUT2D eigenvalue weighted by Crippen LogP contribution is 2.25. The molecule has 0 bridgehead atoms. The third kappa shape index (κ3) is 3.13. The van der Waals surface area contributed by atoms with Crippen LogP contribution < -0.4 is 4.72 Å². The van der Waals surface area contributed by atoms with Gasteiger partial charge in [0.2, 0.25) is 0 Å². The van der Waals surface area contributed by atoms with Crippen molar-refractivity contribution >= 4 is 21.4 Å². The second-order valence-electron chi connectivity index (χ2n) is 3.31. The summed E-state index contributed by atoms with van der Waals surface area (Å²) in [7, 11) is -5.42. The second kappa shape index (κ2) is 4.84. The molecule has 0 aliphatic heterocycles. The minimum Gasteiger partial charge on any atom is -0.411 e. The second-order valence-corrected chi connectivity index (χ2v) is 4.99. The minimum absolute atomic E-state index is 0.234. The number of nitrogens with zero attached hydrogens (tertiary/aromatic N) is 1. The highest BCUT2D eigenvalue weighted by molar-refractivity contribution is 7.93. The van der Waals surface area contributed by atoms with E-state index < -0.39 is 15.5 Å². The summed E-state index contributed by atoms with van der Waals surface area (Å²) in [6.45, 7) is 1.48. The Labute approximate surface area is 101 Å². The summed E-state index contributed by atoms with van der Waals surface area (Å²) < 4.78 is 59.2. The number of hydrogen-bond acceptors (Lipinski definition) is 4. The summed E-state index contributed by atoms with van der Waals surface area (Å²) in [5, 5.41) is 11.4. The van der Waals surface area contributed by atoms with E-state index in [0.29, 0.717) is 5.56 Å². The molecular formula is C9H9F3N2O3S. The van der Waals surface area contributed by atoms with Gasteiger partial charge in [-0.05, 0) is 24.6 Å². The Morgan fingerprint density at radius 2 is 1.78 bits per heavy atom. The number of halogens is 3. The number of anilines is 1. The zero-order valence-corrected chi connectivity index (χ0v) is 9.88. The van der Waals surface area contributed by atoms with Gasteiger partial charge < -0.3 is 5.21 Å². The fraction of sp³-hybridized carbons (Fsp3) is 0.222. The molecule has 1 aromatic carbocycles. The van der Waals surface area contributed by atoms with Gasteiger partial charge in [0.25, 0.3) is 0 Å². The molecule has 18 heavy (non-hydrogen) atoms. The molecule has 0 radical (unpaired) electrons. The molecule has 0 atom stereocenters. The monoisotopic (exact) mass is 282 g/mol. The van der Waals surface area contributed by atoms with Gasteiger partial charge in [0, 0.05) is 5.69 Å². The maximum atomic E-state index is 12.1. The first-order valence-electron chi connectivity index (χ1n) is 4.55. The van der Waals surface area contributed by atoms with Gasteiger partial charge in [-0.3, -0.25) is 4.72 Å². The summed E-state index contributed by atoms with van der Waals surface area (Å²) in [4.78, 5) is 0. The predicted octanol–water partition coefficient (Wildman–Crippen LogP) is 2.15. The molecule has 0 amide bonds. The van der Waals surface area contributed by atoms with E-state index in [2.05, 4.69) is 5.16 Å². The molecule has 0 heterocycles. The molecule has 1 aromatic rings. The van der Waals surface area contributed by atoms with Crippen LogP contribution in [-0.4, -0.2) is 24.8 Å². The van der Waals surface area contributed by atoms with Crippen LogP contribution in [0.3, 0.4) is 0 Å². The molecule has 0 saturated carbocycles. The Bertz CT molecular complexity index is 549. The van der Waals surface area contributed by atoms with Gasteiger partial charge in [0.1, 0.15) is 0 Å². The molecule has 0 aliphatic rings. The summed E-state index contributed by atoms with van der Waals surface area (Å²) in [6, 6.07) is 4.91. The first-order chi connectivity index (χ1) is 8.17. The Morgan fingerprint density at radius 3 is 2.17 bits per heavy atom. The van der Waals surface area contributed by atoms with Crippen molar-refractivity contribution in [3.05, 3.63) is 29.8 Å². The van der Waals surface area contributed by atoms with Crippen molar-refractivity contribution in [3.8, 4) is 0 Å². The molecule has 0 spiro atoms. The fourth-order valence-electron chi connectivity index (χ4n) is 1.05. The number of hydrogen-bond donors (Lipinski definition) is 2. The Balaban J connectivity index is 2.96. The van der Waals surface area contributed by atoms with Gasteiger partial charge in [0.05, 0.1) is 5.71 Å². The Hall–Kier alpha value is -1.77. The van der Waals surface area contributed by atoms with Crippen LogP contribution >= 0.6 is 0 Å². The van der Waals surface area contributed by atoms with E-state index in [-0.39, 0.29) is 11.4 Å². The zero-order valence-electron chi connectivity index (χ0n) is 9.06. The quantitative estimate of drug-likeness (QED) is 0.506.